The molecule has 150 valence electrons. The van der Waals surface area contributed by atoms with E-state index < -0.39 is 0 Å². The molecule has 1 fully saturated rings. The van der Waals surface area contributed by atoms with E-state index >= 15 is 0 Å². The first-order chi connectivity index (χ1) is 13.7. The molecule has 2 aliphatic heterocycles. The molecule has 2 aliphatic rings. The molecule has 1 atom stereocenters. The number of benzene rings is 1. The molecule has 28 heavy (non-hydrogen) atoms. The highest BCUT2D eigenvalue weighted by molar-refractivity contribution is 8.00. The number of aryl methyl sites for hydroxylation is 1. The van der Waals surface area contributed by atoms with E-state index in [0.29, 0.717) is 0 Å². The van der Waals surface area contributed by atoms with Crippen LogP contribution in [0.1, 0.15) is 32.0 Å². The van der Waals surface area contributed by atoms with Crippen molar-refractivity contribution in [1.29, 1.82) is 0 Å². The molecule has 0 bridgehead atoms. The van der Waals surface area contributed by atoms with Crippen molar-refractivity contribution in [2.24, 2.45) is 0 Å². The molecule has 8 heteroatoms. The zero-order valence-corrected chi connectivity index (χ0v) is 17.1. The van der Waals surface area contributed by atoms with Crippen LogP contribution in [-0.2, 0) is 22.5 Å². The normalized spacial score (nSPS) is 18.2. The maximum absolute atomic E-state index is 12.6. The van der Waals surface area contributed by atoms with Crippen LogP contribution in [0.25, 0.3) is 0 Å². The first-order valence-electron chi connectivity index (χ1n) is 10.0. The van der Waals surface area contributed by atoms with Crippen molar-refractivity contribution < 1.29 is 9.53 Å². The molecule has 7 nitrogen and oxygen atoms in total. The number of ether oxygens (including phenoxy) is 1. The summed E-state index contributed by atoms with van der Waals surface area (Å²) in [6.45, 7) is 6.20. The van der Waals surface area contributed by atoms with E-state index in [2.05, 4.69) is 37.1 Å². The van der Waals surface area contributed by atoms with E-state index in [1.54, 1.807) is 0 Å². The molecule has 1 aromatic heterocycles. The van der Waals surface area contributed by atoms with Crippen LogP contribution in [0.2, 0.25) is 0 Å². The third kappa shape index (κ3) is 4.50. The lowest BCUT2D eigenvalue weighted by Crippen LogP contribution is -2.36. The number of fused-ring (bicyclic) bond motifs is 1. The Bertz CT molecular complexity index is 801. The smallest absolute Gasteiger partial charge is 0.237 e. The Morgan fingerprint density at radius 3 is 2.68 bits per heavy atom. The third-order valence-electron chi connectivity index (χ3n) is 5.24. The summed E-state index contributed by atoms with van der Waals surface area (Å²) in [6.07, 6.45) is 4.52. The Balaban J connectivity index is 1.35. The molecule has 0 spiro atoms. The number of hydrogen-bond donors (Lipinski definition) is 1. The number of hydrogen-bond acceptors (Lipinski definition) is 6. The Kier molecular flexibility index (Phi) is 6.17. The molecular weight excluding hydrogens is 374 g/mol. The molecule has 0 saturated carbocycles. The van der Waals surface area contributed by atoms with Crippen LogP contribution in [-0.4, -0.2) is 52.2 Å². The summed E-state index contributed by atoms with van der Waals surface area (Å²) in [5.41, 5.74) is 1.98. The van der Waals surface area contributed by atoms with Gasteiger partial charge in [0.1, 0.15) is 5.82 Å². The van der Waals surface area contributed by atoms with Crippen LogP contribution in [0.3, 0.4) is 0 Å². The number of aromatic nitrogens is 3. The van der Waals surface area contributed by atoms with Gasteiger partial charge >= 0.3 is 0 Å². The van der Waals surface area contributed by atoms with Gasteiger partial charge in [0.15, 0.2) is 5.16 Å². The summed E-state index contributed by atoms with van der Waals surface area (Å²) in [7, 11) is 0. The lowest BCUT2D eigenvalue weighted by atomic mass is 10.2. The van der Waals surface area contributed by atoms with Crippen molar-refractivity contribution in [3.05, 3.63) is 30.1 Å². The van der Waals surface area contributed by atoms with Gasteiger partial charge in [-0.1, -0.05) is 18.2 Å². The Hall–Kier alpha value is -2.06. The fraction of sp³-hybridized carbons (Fsp3) is 0.550. The van der Waals surface area contributed by atoms with Gasteiger partial charge in [0.05, 0.1) is 18.5 Å². The Labute approximate surface area is 169 Å². The molecule has 1 aromatic carbocycles. The van der Waals surface area contributed by atoms with Crippen molar-refractivity contribution >= 4 is 29.0 Å². The van der Waals surface area contributed by atoms with E-state index in [0.717, 1.165) is 68.0 Å². The molecule has 1 amide bonds. The second-order valence-electron chi connectivity index (χ2n) is 7.26. The highest BCUT2D eigenvalue weighted by Gasteiger charge is 2.21. The number of carbonyl (C=O) groups excluding carboxylic acids is 1. The summed E-state index contributed by atoms with van der Waals surface area (Å²) in [5.74, 6) is 1.03. The van der Waals surface area contributed by atoms with Gasteiger partial charge in [-0.15, -0.1) is 10.2 Å². The van der Waals surface area contributed by atoms with Gasteiger partial charge in [-0.2, -0.15) is 0 Å². The molecular formula is C20H27N5O2S. The monoisotopic (exact) mass is 401 g/mol. The molecule has 2 aromatic rings. The number of thioether (sulfide) groups is 1. The molecule has 0 unspecified atom stereocenters. The van der Waals surface area contributed by atoms with Crippen molar-refractivity contribution in [2.75, 3.05) is 36.5 Å². The number of nitrogens with zero attached hydrogens (tertiary/aromatic N) is 4. The largest absolute Gasteiger partial charge is 0.378 e. The van der Waals surface area contributed by atoms with Crippen molar-refractivity contribution in [3.63, 3.8) is 0 Å². The van der Waals surface area contributed by atoms with E-state index in [1.807, 2.05) is 19.1 Å². The first kappa shape index (κ1) is 19.3. The molecule has 0 radical (unpaired) electrons. The lowest BCUT2D eigenvalue weighted by molar-refractivity contribution is -0.115. The van der Waals surface area contributed by atoms with Gasteiger partial charge in [0.25, 0.3) is 0 Å². The summed E-state index contributed by atoms with van der Waals surface area (Å²) in [5, 5.41) is 12.3. The summed E-state index contributed by atoms with van der Waals surface area (Å²) in [4.78, 5) is 14.9. The lowest BCUT2D eigenvalue weighted by Gasteiger charge is -2.28. The minimum Gasteiger partial charge on any atom is -0.378 e. The molecule has 3 heterocycles. The molecule has 0 aliphatic carbocycles. The number of amides is 1. The zero-order valence-electron chi connectivity index (χ0n) is 16.3. The topological polar surface area (TPSA) is 72.3 Å². The van der Waals surface area contributed by atoms with Crippen molar-refractivity contribution in [3.8, 4) is 0 Å². The van der Waals surface area contributed by atoms with Gasteiger partial charge < -0.3 is 19.5 Å². The Morgan fingerprint density at radius 1 is 1.11 bits per heavy atom. The number of rotatable bonds is 5. The number of carbonyl (C=O) groups is 1. The fourth-order valence-electron chi connectivity index (χ4n) is 3.58. The van der Waals surface area contributed by atoms with E-state index in [9.17, 15) is 4.79 Å². The van der Waals surface area contributed by atoms with E-state index in [4.69, 9.17) is 4.74 Å². The quantitative estimate of drug-likeness (QED) is 0.777. The minimum absolute atomic E-state index is 0.0184. The predicted molar refractivity (Wildman–Crippen MR) is 111 cm³/mol. The van der Waals surface area contributed by atoms with Crippen LogP contribution < -0.4 is 10.2 Å². The summed E-state index contributed by atoms with van der Waals surface area (Å²) < 4.78 is 7.58. The highest BCUT2D eigenvalue weighted by atomic mass is 32.2. The van der Waals surface area contributed by atoms with Crippen LogP contribution in [0.15, 0.2) is 29.4 Å². The fourth-order valence-corrected chi connectivity index (χ4v) is 4.47. The highest BCUT2D eigenvalue weighted by Crippen LogP contribution is 2.26. The number of morpholine rings is 1. The maximum Gasteiger partial charge on any atom is 0.237 e. The number of nitrogens with one attached hydrogen (secondary N) is 1. The zero-order chi connectivity index (χ0) is 19.3. The molecule has 4 rings (SSSR count). The summed E-state index contributed by atoms with van der Waals surface area (Å²) >= 11 is 1.48. The standard InChI is InChI=1S/C20H27N5O2S/c1-15(28-20-23-22-18-5-3-2-4-10-25(18)20)19(26)21-16-6-8-17(9-7-16)24-11-13-27-14-12-24/h6-9,15H,2-5,10-14H2,1H3,(H,21,26)/t15-/m0/s1. The van der Waals surface area contributed by atoms with Crippen LogP contribution in [0, 0.1) is 0 Å². The third-order valence-corrected chi connectivity index (χ3v) is 6.32. The van der Waals surface area contributed by atoms with Gasteiger partial charge in [0.2, 0.25) is 5.91 Å². The second-order valence-corrected chi connectivity index (χ2v) is 8.56. The minimum atomic E-state index is -0.240. The predicted octanol–water partition coefficient (Wildman–Crippen LogP) is 2.96. The number of anilines is 2. The van der Waals surface area contributed by atoms with Crippen molar-refractivity contribution in [2.45, 2.75) is 49.6 Å². The SMILES string of the molecule is C[C@H](Sc1nnc2n1CCCCC2)C(=O)Nc1ccc(N2CCOCC2)cc1. The second kappa shape index (κ2) is 8.96. The first-order valence-corrected chi connectivity index (χ1v) is 10.9. The van der Waals surface area contributed by atoms with Crippen molar-refractivity contribution in [1.82, 2.24) is 14.8 Å². The van der Waals surface area contributed by atoms with Crippen LogP contribution in [0.4, 0.5) is 11.4 Å². The van der Waals surface area contributed by atoms with Gasteiger partial charge in [-0.25, -0.2) is 0 Å². The average molecular weight is 402 g/mol. The van der Waals surface area contributed by atoms with Gasteiger partial charge in [-0.3, -0.25) is 4.79 Å². The summed E-state index contributed by atoms with van der Waals surface area (Å²) in [6, 6.07) is 8.03. The molecule has 1 N–H and O–H groups in total. The Morgan fingerprint density at radius 2 is 1.89 bits per heavy atom. The van der Waals surface area contributed by atoms with Gasteiger partial charge in [0, 0.05) is 37.4 Å². The maximum atomic E-state index is 12.6. The molecule has 1 saturated heterocycles. The van der Waals surface area contributed by atoms with Crippen LogP contribution >= 0.6 is 11.8 Å². The van der Waals surface area contributed by atoms with Crippen LogP contribution in [0.5, 0.6) is 0 Å². The van der Waals surface area contributed by atoms with Gasteiger partial charge in [-0.05, 0) is 44.0 Å². The van der Waals surface area contributed by atoms with E-state index in [-0.39, 0.29) is 11.2 Å². The average Bonchev–Trinajstić information content (AvgIpc) is 2.95. The van der Waals surface area contributed by atoms with E-state index in [1.165, 1.54) is 24.6 Å².